The highest BCUT2D eigenvalue weighted by Crippen LogP contribution is 2.30. The van der Waals surface area contributed by atoms with Gasteiger partial charge in [-0.05, 0) is 18.6 Å². The molecule has 0 fully saturated rings. The van der Waals surface area contributed by atoms with Crippen LogP contribution in [0.4, 0.5) is 4.79 Å². The first-order valence-electron chi connectivity index (χ1n) is 7.23. The van der Waals surface area contributed by atoms with Crippen molar-refractivity contribution in [2.75, 3.05) is 19.8 Å². The van der Waals surface area contributed by atoms with Gasteiger partial charge in [0.15, 0.2) is 18.1 Å². The molecule has 0 aromatic heterocycles. The maximum Gasteiger partial charge on any atom is 0.351 e. The number of carbonyl (C=O) groups excluding carboxylic acids is 3. The summed E-state index contributed by atoms with van der Waals surface area (Å²) in [4.78, 5) is 34.6. The maximum atomic E-state index is 11.9. The van der Waals surface area contributed by atoms with Crippen molar-refractivity contribution < 1.29 is 28.6 Å². The Labute approximate surface area is 133 Å². The molecule has 0 saturated heterocycles. The fourth-order valence-electron chi connectivity index (χ4n) is 1.81. The van der Waals surface area contributed by atoms with Gasteiger partial charge in [-0.1, -0.05) is 19.1 Å². The normalized spacial score (nSPS) is 15.4. The number of amides is 3. The van der Waals surface area contributed by atoms with Crippen LogP contribution < -0.4 is 20.1 Å². The van der Waals surface area contributed by atoms with Gasteiger partial charge in [-0.25, -0.2) is 9.59 Å². The molecular formula is C15H18N2O6. The lowest BCUT2D eigenvalue weighted by Gasteiger charge is -2.24. The average molecular weight is 322 g/mol. The topological polar surface area (TPSA) is 103 Å². The van der Waals surface area contributed by atoms with Crippen LogP contribution in [0.1, 0.15) is 13.3 Å². The largest absolute Gasteiger partial charge is 0.485 e. The molecule has 2 N–H and O–H groups in total. The van der Waals surface area contributed by atoms with Gasteiger partial charge in [0.1, 0.15) is 6.61 Å². The first-order valence-corrected chi connectivity index (χ1v) is 7.23. The van der Waals surface area contributed by atoms with Crippen molar-refractivity contribution in [3.05, 3.63) is 24.3 Å². The predicted octanol–water partition coefficient (Wildman–Crippen LogP) is 0.605. The molecular weight excluding hydrogens is 304 g/mol. The van der Waals surface area contributed by atoms with Crippen LogP contribution in [0.5, 0.6) is 11.5 Å². The predicted molar refractivity (Wildman–Crippen MR) is 79.1 cm³/mol. The third-order valence-corrected chi connectivity index (χ3v) is 2.91. The Morgan fingerprint density at radius 1 is 1.26 bits per heavy atom. The van der Waals surface area contributed by atoms with E-state index in [1.165, 1.54) is 0 Å². The zero-order valence-corrected chi connectivity index (χ0v) is 12.7. The number of benzene rings is 1. The number of nitrogens with one attached hydrogen (secondary N) is 2. The first-order chi connectivity index (χ1) is 11.1. The summed E-state index contributed by atoms with van der Waals surface area (Å²) in [6, 6.07) is 6.30. The molecule has 23 heavy (non-hydrogen) atoms. The van der Waals surface area contributed by atoms with Gasteiger partial charge in [-0.3, -0.25) is 10.1 Å². The molecule has 3 amide bonds. The molecule has 124 valence electrons. The van der Waals surface area contributed by atoms with Gasteiger partial charge in [-0.2, -0.15) is 0 Å². The number of carbonyl (C=O) groups is 3. The van der Waals surface area contributed by atoms with Crippen LogP contribution in [0.3, 0.4) is 0 Å². The zero-order valence-electron chi connectivity index (χ0n) is 12.7. The second-order valence-electron chi connectivity index (χ2n) is 4.78. The van der Waals surface area contributed by atoms with Gasteiger partial charge in [0.05, 0.1) is 0 Å². The lowest BCUT2D eigenvalue weighted by molar-refractivity contribution is -0.157. The van der Waals surface area contributed by atoms with E-state index in [-0.39, 0.29) is 6.61 Å². The number of imide groups is 1. The highest BCUT2D eigenvalue weighted by molar-refractivity contribution is 5.95. The second kappa shape index (κ2) is 8.02. The maximum absolute atomic E-state index is 11.9. The van der Waals surface area contributed by atoms with Crippen molar-refractivity contribution >= 4 is 17.9 Å². The van der Waals surface area contributed by atoms with Crippen LogP contribution in [0.25, 0.3) is 0 Å². The molecule has 1 aliphatic heterocycles. The molecule has 0 unspecified atom stereocenters. The Bertz CT molecular complexity index is 589. The van der Waals surface area contributed by atoms with E-state index in [1.54, 1.807) is 24.3 Å². The number of esters is 1. The summed E-state index contributed by atoms with van der Waals surface area (Å²) >= 11 is 0. The second-order valence-corrected chi connectivity index (χ2v) is 4.78. The molecule has 1 aromatic carbocycles. The summed E-state index contributed by atoms with van der Waals surface area (Å²) in [6.07, 6.45) is -0.205. The van der Waals surface area contributed by atoms with Crippen LogP contribution >= 0.6 is 0 Å². The third-order valence-electron chi connectivity index (χ3n) is 2.91. The summed E-state index contributed by atoms with van der Waals surface area (Å²) in [6.45, 7) is 1.76. The number of hydrogen-bond donors (Lipinski definition) is 2. The number of rotatable bonds is 5. The van der Waals surface area contributed by atoms with Gasteiger partial charge in [0, 0.05) is 6.54 Å². The number of hydrogen-bond acceptors (Lipinski definition) is 6. The van der Waals surface area contributed by atoms with Crippen molar-refractivity contribution in [3.8, 4) is 11.5 Å². The van der Waals surface area contributed by atoms with Crippen LogP contribution in [0, 0.1) is 0 Å². The number of urea groups is 1. The molecule has 2 rings (SSSR count). The van der Waals surface area contributed by atoms with E-state index in [0.29, 0.717) is 18.0 Å². The highest BCUT2D eigenvalue weighted by atomic mass is 16.6. The highest BCUT2D eigenvalue weighted by Gasteiger charge is 2.29. The van der Waals surface area contributed by atoms with Gasteiger partial charge < -0.3 is 19.5 Å². The van der Waals surface area contributed by atoms with E-state index in [2.05, 4.69) is 10.6 Å². The van der Waals surface area contributed by atoms with E-state index >= 15 is 0 Å². The van der Waals surface area contributed by atoms with Crippen molar-refractivity contribution in [2.24, 2.45) is 0 Å². The summed E-state index contributed by atoms with van der Waals surface area (Å²) in [5, 5.41) is 4.52. The molecule has 0 radical (unpaired) electrons. The van der Waals surface area contributed by atoms with Crippen molar-refractivity contribution in [2.45, 2.75) is 19.4 Å². The Balaban J connectivity index is 1.75. The standard InChI is InChI=1S/C15H18N2O6/c1-2-7-16-15(20)17-13(18)9-22-14(19)12-8-21-10-5-3-4-6-11(10)23-12/h3-6,12H,2,7-9H2,1H3,(H2,16,17,18,20)/t12-/m0/s1. The third kappa shape index (κ3) is 4.87. The van der Waals surface area contributed by atoms with Crippen LogP contribution in [-0.4, -0.2) is 43.8 Å². The first kappa shape index (κ1) is 16.6. The summed E-state index contributed by atoms with van der Waals surface area (Å²) in [5.41, 5.74) is 0. The Kier molecular flexibility index (Phi) is 5.79. The van der Waals surface area contributed by atoms with Gasteiger partial charge in [0.2, 0.25) is 6.10 Å². The summed E-state index contributed by atoms with van der Waals surface area (Å²) < 4.78 is 15.7. The molecule has 0 aliphatic carbocycles. The summed E-state index contributed by atoms with van der Waals surface area (Å²) in [5.74, 6) is -0.473. The minimum atomic E-state index is -0.952. The molecule has 0 saturated carbocycles. The lowest BCUT2D eigenvalue weighted by atomic mass is 10.2. The average Bonchev–Trinajstić information content (AvgIpc) is 2.57. The molecule has 1 atom stereocenters. The number of para-hydroxylation sites is 2. The van der Waals surface area contributed by atoms with E-state index in [0.717, 1.165) is 6.42 Å². The quantitative estimate of drug-likeness (QED) is 0.770. The van der Waals surface area contributed by atoms with Crippen molar-refractivity contribution in [1.82, 2.24) is 10.6 Å². The van der Waals surface area contributed by atoms with Crippen LogP contribution in [-0.2, 0) is 14.3 Å². The van der Waals surface area contributed by atoms with Crippen molar-refractivity contribution in [3.63, 3.8) is 0 Å². The smallest absolute Gasteiger partial charge is 0.351 e. The molecule has 0 bridgehead atoms. The minimum absolute atomic E-state index is 0.00550. The van der Waals surface area contributed by atoms with Gasteiger partial charge >= 0.3 is 12.0 Å². The van der Waals surface area contributed by atoms with Gasteiger partial charge in [-0.15, -0.1) is 0 Å². The molecule has 8 heteroatoms. The van der Waals surface area contributed by atoms with E-state index in [9.17, 15) is 14.4 Å². The fourth-order valence-corrected chi connectivity index (χ4v) is 1.81. The monoisotopic (exact) mass is 322 g/mol. The fraction of sp³-hybridized carbons (Fsp3) is 0.400. The summed E-state index contributed by atoms with van der Waals surface area (Å²) in [7, 11) is 0. The van der Waals surface area contributed by atoms with E-state index < -0.39 is 30.6 Å². The van der Waals surface area contributed by atoms with E-state index in [1.807, 2.05) is 6.92 Å². The number of ether oxygens (including phenoxy) is 3. The Morgan fingerprint density at radius 2 is 2.00 bits per heavy atom. The van der Waals surface area contributed by atoms with Crippen molar-refractivity contribution in [1.29, 1.82) is 0 Å². The van der Waals surface area contributed by atoms with Gasteiger partial charge in [0.25, 0.3) is 5.91 Å². The van der Waals surface area contributed by atoms with Crippen LogP contribution in [0.15, 0.2) is 24.3 Å². The zero-order chi connectivity index (χ0) is 16.7. The Morgan fingerprint density at radius 3 is 2.74 bits per heavy atom. The van der Waals surface area contributed by atoms with Crippen LogP contribution in [0.2, 0.25) is 0 Å². The SMILES string of the molecule is CCCNC(=O)NC(=O)COC(=O)[C@@H]1COc2ccccc2O1. The minimum Gasteiger partial charge on any atom is -0.485 e. The molecule has 1 aliphatic rings. The number of fused-ring (bicyclic) bond motifs is 1. The molecule has 8 nitrogen and oxygen atoms in total. The lowest BCUT2D eigenvalue weighted by Crippen LogP contribution is -2.43. The van der Waals surface area contributed by atoms with E-state index in [4.69, 9.17) is 14.2 Å². The molecule has 0 spiro atoms. The molecule has 1 aromatic rings. The Hall–Kier alpha value is -2.77. The molecule has 1 heterocycles.